The molecule has 0 saturated heterocycles. The van der Waals surface area contributed by atoms with Gasteiger partial charge in [0, 0.05) is 6.54 Å². The topological polar surface area (TPSA) is 49.4 Å². The molecule has 0 unspecified atom stereocenters. The van der Waals surface area contributed by atoms with Gasteiger partial charge in [0.05, 0.1) is 65.6 Å². The summed E-state index contributed by atoms with van der Waals surface area (Å²) >= 11 is 0. The number of rotatable bonds is 16. The summed E-state index contributed by atoms with van der Waals surface area (Å²) in [6.07, 6.45) is 0.258. The van der Waals surface area contributed by atoms with Crippen molar-refractivity contribution in [3.63, 3.8) is 0 Å². The molecule has 0 amide bonds. The lowest BCUT2D eigenvalue weighted by Crippen LogP contribution is -2.19. The smallest absolute Gasteiger partial charge is 0.0703 e. The van der Waals surface area contributed by atoms with Crippen molar-refractivity contribution in [1.29, 1.82) is 0 Å². The van der Waals surface area contributed by atoms with Crippen LogP contribution in [0.15, 0.2) is 0 Å². The predicted octanol–water partition coefficient (Wildman–Crippen LogP) is 1.04. The monoisotopic (exact) mass is 307 g/mol. The highest BCUT2D eigenvalue weighted by atomic mass is 16.6. The van der Waals surface area contributed by atoms with Crippen LogP contribution in [0.4, 0.5) is 0 Å². The van der Waals surface area contributed by atoms with Gasteiger partial charge in [0.15, 0.2) is 0 Å². The number of likely N-dealkylation sites (N-methyl/N-ethyl adjacent to an activating group) is 1. The van der Waals surface area contributed by atoms with Crippen LogP contribution in [-0.4, -0.2) is 91.1 Å². The van der Waals surface area contributed by atoms with Gasteiger partial charge in [-0.25, -0.2) is 0 Å². The minimum atomic E-state index is 0.258. The van der Waals surface area contributed by atoms with E-state index in [1.165, 1.54) is 0 Å². The molecule has 6 nitrogen and oxygen atoms in total. The Balaban J connectivity index is 2.96. The van der Waals surface area contributed by atoms with E-state index in [0.29, 0.717) is 52.9 Å². The van der Waals surface area contributed by atoms with Crippen LogP contribution in [0.3, 0.4) is 0 Å². The fourth-order valence-corrected chi connectivity index (χ4v) is 1.35. The van der Waals surface area contributed by atoms with Crippen LogP contribution in [0, 0.1) is 0 Å². The van der Waals surface area contributed by atoms with Crippen molar-refractivity contribution in [2.75, 3.05) is 80.1 Å². The Labute approximate surface area is 129 Å². The summed E-state index contributed by atoms with van der Waals surface area (Å²) in [6.45, 7) is 10.5. The molecule has 0 atom stereocenters. The lowest BCUT2D eigenvalue weighted by Gasteiger charge is -2.10. The highest BCUT2D eigenvalue weighted by Gasteiger charge is 1.95. The molecule has 0 bridgehead atoms. The van der Waals surface area contributed by atoms with Crippen molar-refractivity contribution in [2.24, 2.45) is 0 Å². The first kappa shape index (κ1) is 20.8. The van der Waals surface area contributed by atoms with Gasteiger partial charge in [0.1, 0.15) is 0 Å². The average molecular weight is 307 g/mol. The minimum Gasteiger partial charge on any atom is -0.378 e. The van der Waals surface area contributed by atoms with Crippen LogP contribution < -0.4 is 0 Å². The van der Waals surface area contributed by atoms with Gasteiger partial charge in [-0.2, -0.15) is 0 Å². The summed E-state index contributed by atoms with van der Waals surface area (Å²) in [4.78, 5) is 2.09. The van der Waals surface area contributed by atoms with Gasteiger partial charge in [-0.3, -0.25) is 0 Å². The molecular formula is C15H33NO5. The van der Waals surface area contributed by atoms with Crippen LogP contribution >= 0.6 is 0 Å². The van der Waals surface area contributed by atoms with Gasteiger partial charge >= 0.3 is 0 Å². The maximum Gasteiger partial charge on any atom is 0.0703 e. The first-order chi connectivity index (χ1) is 10.1. The molecule has 0 rings (SSSR count). The Morgan fingerprint density at radius 1 is 0.619 bits per heavy atom. The summed E-state index contributed by atoms with van der Waals surface area (Å²) in [7, 11) is 4.05. The van der Waals surface area contributed by atoms with E-state index >= 15 is 0 Å². The SMILES string of the molecule is CC(C)OCCOCCOCCOCCOCCN(C)C. The van der Waals surface area contributed by atoms with Crippen molar-refractivity contribution in [1.82, 2.24) is 4.90 Å². The summed E-state index contributed by atoms with van der Waals surface area (Å²) < 4.78 is 26.9. The van der Waals surface area contributed by atoms with Crippen molar-refractivity contribution >= 4 is 0 Å². The summed E-state index contributed by atoms with van der Waals surface area (Å²) in [6, 6.07) is 0. The zero-order chi connectivity index (χ0) is 15.8. The maximum absolute atomic E-state index is 5.40. The van der Waals surface area contributed by atoms with Crippen molar-refractivity contribution in [3.05, 3.63) is 0 Å². The molecule has 6 heteroatoms. The van der Waals surface area contributed by atoms with Gasteiger partial charge < -0.3 is 28.6 Å². The van der Waals surface area contributed by atoms with Crippen molar-refractivity contribution in [3.8, 4) is 0 Å². The lowest BCUT2D eigenvalue weighted by molar-refractivity contribution is -0.0179. The van der Waals surface area contributed by atoms with Gasteiger partial charge in [0.2, 0.25) is 0 Å². The van der Waals surface area contributed by atoms with E-state index in [0.717, 1.165) is 13.2 Å². The second-order valence-electron chi connectivity index (χ2n) is 5.17. The normalized spacial score (nSPS) is 11.7. The minimum absolute atomic E-state index is 0.258. The molecule has 0 radical (unpaired) electrons. The molecule has 0 fully saturated rings. The van der Waals surface area contributed by atoms with E-state index in [4.69, 9.17) is 23.7 Å². The standard InChI is InChI=1S/C15H33NO5/c1-15(2)21-14-13-20-12-11-19-10-9-18-8-7-17-6-5-16(3)4/h15H,5-14H2,1-4H3. The first-order valence-electron chi connectivity index (χ1n) is 7.70. The second-order valence-corrected chi connectivity index (χ2v) is 5.17. The average Bonchev–Trinajstić information content (AvgIpc) is 2.42. The molecule has 0 saturated carbocycles. The molecular weight excluding hydrogens is 274 g/mol. The Kier molecular flexibility index (Phi) is 16.0. The van der Waals surface area contributed by atoms with Crippen LogP contribution in [0.2, 0.25) is 0 Å². The zero-order valence-corrected chi connectivity index (χ0v) is 14.1. The molecule has 0 spiro atoms. The lowest BCUT2D eigenvalue weighted by atomic mass is 10.5. The van der Waals surface area contributed by atoms with Crippen molar-refractivity contribution in [2.45, 2.75) is 20.0 Å². The van der Waals surface area contributed by atoms with Crippen LogP contribution in [0.25, 0.3) is 0 Å². The molecule has 0 aromatic carbocycles. The Morgan fingerprint density at radius 2 is 1.00 bits per heavy atom. The van der Waals surface area contributed by atoms with Crippen LogP contribution in [0.5, 0.6) is 0 Å². The molecule has 0 aliphatic carbocycles. The largest absolute Gasteiger partial charge is 0.378 e. The van der Waals surface area contributed by atoms with E-state index in [9.17, 15) is 0 Å². The molecule has 0 aliphatic heterocycles. The third-order valence-corrected chi connectivity index (χ3v) is 2.48. The van der Waals surface area contributed by atoms with E-state index < -0.39 is 0 Å². The highest BCUT2D eigenvalue weighted by molar-refractivity contribution is 4.40. The van der Waals surface area contributed by atoms with Crippen LogP contribution in [0.1, 0.15) is 13.8 Å². The maximum atomic E-state index is 5.40. The van der Waals surface area contributed by atoms with E-state index in [2.05, 4.69) is 4.90 Å². The number of hydrogen-bond donors (Lipinski definition) is 0. The van der Waals surface area contributed by atoms with Gasteiger partial charge in [-0.15, -0.1) is 0 Å². The molecule has 21 heavy (non-hydrogen) atoms. The summed E-state index contributed by atoms with van der Waals surface area (Å²) in [5, 5.41) is 0. The molecule has 0 heterocycles. The highest BCUT2D eigenvalue weighted by Crippen LogP contribution is 1.88. The Hall–Kier alpha value is -0.240. The predicted molar refractivity (Wildman–Crippen MR) is 82.9 cm³/mol. The Bertz CT molecular complexity index is 183. The molecule has 0 N–H and O–H groups in total. The second kappa shape index (κ2) is 16.1. The Morgan fingerprint density at radius 3 is 1.38 bits per heavy atom. The number of nitrogens with zero attached hydrogens (tertiary/aromatic N) is 1. The molecule has 0 aliphatic rings. The third kappa shape index (κ3) is 19.8. The summed E-state index contributed by atoms with van der Waals surface area (Å²) in [5.41, 5.74) is 0. The number of hydrogen-bond acceptors (Lipinski definition) is 6. The fraction of sp³-hybridized carbons (Fsp3) is 1.00. The van der Waals surface area contributed by atoms with Gasteiger partial charge in [-0.05, 0) is 27.9 Å². The molecule has 0 aromatic rings. The zero-order valence-electron chi connectivity index (χ0n) is 14.1. The molecule has 128 valence electrons. The number of ether oxygens (including phenoxy) is 5. The van der Waals surface area contributed by atoms with Crippen molar-refractivity contribution < 1.29 is 23.7 Å². The first-order valence-corrected chi connectivity index (χ1v) is 7.70. The van der Waals surface area contributed by atoms with E-state index in [1.54, 1.807) is 0 Å². The summed E-state index contributed by atoms with van der Waals surface area (Å²) in [5.74, 6) is 0. The van der Waals surface area contributed by atoms with E-state index in [-0.39, 0.29) is 6.10 Å². The van der Waals surface area contributed by atoms with Crippen LogP contribution in [-0.2, 0) is 23.7 Å². The van der Waals surface area contributed by atoms with Gasteiger partial charge in [0.25, 0.3) is 0 Å². The molecule has 0 aromatic heterocycles. The quantitative estimate of drug-likeness (QED) is 0.397. The van der Waals surface area contributed by atoms with Gasteiger partial charge in [-0.1, -0.05) is 0 Å². The fourth-order valence-electron chi connectivity index (χ4n) is 1.35. The van der Waals surface area contributed by atoms with E-state index in [1.807, 2.05) is 27.9 Å². The third-order valence-electron chi connectivity index (χ3n) is 2.48.